The number of anilines is 1. The highest BCUT2D eigenvalue weighted by Crippen LogP contribution is 2.28. The lowest BCUT2D eigenvalue weighted by Gasteiger charge is -2.34. The van der Waals surface area contributed by atoms with Gasteiger partial charge in [-0.2, -0.15) is 4.98 Å². The number of nitrogens with two attached hydrogens (primary N) is 1. The molecule has 0 spiro atoms. The lowest BCUT2D eigenvalue weighted by Crippen LogP contribution is -2.29. The lowest BCUT2D eigenvalue weighted by molar-refractivity contribution is -0.323. The average molecular weight is 317 g/mol. The molecule has 116 valence electrons. The maximum Gasteiger partial charge on any atom is 0.280 e. The molecule has 1 atom stereocenters. The molecule has 0 fully saturated rings. The number of nitrogens with zero attached hydrogens (tertiary/aromatic N) is 3. The molecule has 1 unspecified atom stereocenters. The molecule has 0 aromatic carbocycles. The van der Waals surface area contributed by atoms with Crippen LogP contribution >= 0.6 is 7.60 Å². The summed E-state index contributed by atoms with van der Waals surface area (Å²) in [4.78, 5) is 42.5. The fourth-order valence-corrected chi connectivity index (χ4v) is 1.87. The summed E-state index contributed by atoms with van der Waals surface area (Å²) in [5.74, 6) is -2.15. The van der Waals surface area contributed by atoms with Gasteiger partial charge in [-0.1, -0.05) is 0 Å². The molecule has 2 aromatic heterocycles. The third kappa shape index (κ3) is 3.65. The van der Waals surface area contributed by atoms with E-state index in [1.165, 1.54) is 10.9 Å². The summed E-state index contributed by atoms with van der Waals surface area (Å²) in [6.45, 7) is -0.467. The quantitative estimate of drug-likeness (QED) is 0.368. The van der Waals surface area contributed by atoms with Crippen LogP contribution in [0.2, 0.25) is 0 Å². The Bertz CT molecular complexity index is 736. The van der Waals surface area contributed by atoms with Crippen molar-refractivity contribution in [3.8, 4) is 0 Å². The highest BCUT2D eigenvalue weighted by Gasteiger charge is 2.10. The van der Waals surface area contributed by atoms with Crippen LogP contribution in [0, 0.1) is 0 Å². The molecule has 0 bridgehead atoms. The molecule has 0 saturated heterocycles. The van der Waals surface area contributed by atoms with Gasteiger partial charge in [0.2, 0.25) is 5.95 Å². The number of aromatic nitrogens is 4. The van der Waals surface area contributed by atoms with E-state index in [-0.39, 0.29) is 30.3 Å². The van der Waals surface area contributed by atoms with E-state index >= 15 is 0 Å². The molecular weight excluding hydrogens is 305 g/mol. The normalized spacial score (nSPS) is 13.7. The van der Waals surface area contributed by atoms with Gasteiger partial charge in [-0.25, -0.2) is 4.98 Å². The van der Waals surface area contributed by atoms with Gasteiger partial charge in [-0.15, -0.1) is 0 Å². The molecular formula is C9H12N5O6P-2. The Labute approximate surface area is 117 Å². The van der Waals surface area contributed by atoms with Gasteiger partial charge in [0.1, 0.15) is 5.85 Å². The summed E-state index contributed by atoms with van der Waals surface area (Å²) < 4.78 is 16.8. The van der Waals surface area contributed by atoms with Crippen LogP contribution in [0.1, 0.15) is 0 Å². The molecule has 11 nitrogen and oxygen atoms in total. The van der Waals surface area contributed by atoms with Crippen LogP contribution in [0.25, 0.3) is 11.2 Å². The van der Waals surface area contributed by atoms with Crippen molar-refractivity contribution in [1.82, 2.24) is 19.5 Å². The zero-order chi connectivity index (χ0) is 15.6. The van der Waals surface area contributed by atoms with Crippen molar-refractivity contribution in [3.05, 3.63) is 16.7 Å². The average Bonchev–Trinajstić information content (AvgIpc) is 2.76. The molecule has 2 rings (SSSR count). The fourth-order valence-electron chi connectivity index (χ4n) is 1.58. The number of nitrogen functional groups attached to an aromatic ring is 1. The third-order valence-corrected chi connectivity index (χ3v) is 3.48. The van der Waals surface area contributed by atoms with Crippen LogP contribution < -0.4 is 21.1 Å². The molecule has 12 heteroatoms. The number of hydrogen-bond acceptors (Lipinski definition) is 9. The van der Waals surface area contributed by atoms with Crippen molar-refractivity contribution in [2.45, 2.75) is 12.4 Å². The van der Waals surface area contributed by atoms with Gasteiger partial charge >= 0.3 is 0 Å². The van der Waals surface area contributed by atoms with Gasteiger partial charge in [-0.05, 0) is 7.60 Å². The van der Waals surface area contributed by atoms with Gasteiger partial charge in [0.25, 0.3) is 5.56 Å². The van der Waals surface area contributed by atoms with Gasteiger partial charge in [0.15, 0.2) is 11.2 Å². The largest absolute Gasteiger partial charge is 0.809 e. The molecule has 4 N–H and O–H groups in total. The zero-order valence-corrected chi connectivity index (χ0v) is 11.5. The third-order valence-electron chi connectivity index (χ3n) is 2.60. The Morgan fingerprint density at radius 1 is 1.57 bits per heavy atom. The minimum Gasteiger partial charge on any atom is -0.809 e. The molecule has 2 heterocycles. The smallest absolute Gasteiger partial charge is 0.280 e. The van der Waals surface area contributed by atoms with Crippen molar-refractivity contribution in [2.24, 2.45) is 0 Å². The van der Waals surface area contributed by atoms with E-state index in [1.54, 1.807) is 0 Å². The second-order valence-corrected chi connectivity index (χ2v) is 5.83. The van der Waals surface area contributed by atoms with Crippen LogP contribution in [0.4, 0.5) is 5.95 Å². The highest BCUT2D eigenvalue weighted by molar-refractivity contribution is 7.49. The summed E-state index contributed by atoms with van der Waals surface area (Å²) >= 11 is 0. The summed E-state index contributed by atoms with van der Waals surface area (Å²) in [5.41, 5.74) is 5.30. The Morgan fingerprint density at radius 2 is 2.29 bits per heavy atom. The molecule has 0 radical (unpaired) electrons. The van der Waals surface area contributed by atoms with Crippen LogP contribution in [-0.4, -0.2) is 43.7 Å². The van der Waals surface area contributed by atoms with Crippen molar-refractivity contribution < 1.29 is 24.2 Å². The van der Waals surface area contributed by atoms with Crippen LogP contribution in [0.3, 0.4) is 0 Å². The summed E-state index contributed by atoms with van der Waals surface area (Å²) in [6.07, 6.45) is 1.35. The van der Waals surface area contributed by atoms with E-state index in [0.717, 1.165) is 0 Å². The number of hydrogen-bond donors (Lipinski definition) is 3. The van der Waals surface area contributed by atoms with Crippen molar-refractivity contribution in [2.75, 3.05) is 18.9 Å². The first-order chi connectivity index (χ1) is 9.79. The molecule has 0 aliphatic heterocycles. The second-order valence-electron chi connectivity index (χ2n) is 4.16. The van der Waals surface area contributed by atoms with Crippen molar-refractivity contribution >= 4 is 24.7 Å². The van der Waals surface area contributed by atoms with E-state index in [1.807, 2.05) is 0 Å². The van der Waals surface area contributed by atoms with Gasteiger partial charge in [0, 0.05) is 6.54 Å². The number of imidazole rings is 1. The predicted molar refractivity (Wildman–Crippen MR) is 67.0 cm³/mol. The Morgan fingerprint density at radius 3 is 2.95 bits per heavy atom. The Balaban J connectivity index is 1.99. The number of ether oxygens (including phenoxy) is 1. The van der Waals surface area contributed by atoms with E-state index < -0.39 is 25.6 Å². The molecule has 0 aliphatic carbocycles. The topological polar surface area (TPSA) is 182 Å². The maximum absolute atomic E-state index is 11.5. The summed E-state index contributed by atoms with van der Waals surface area (Å²) in [5, 5.41) is 8.98. The monoisotopic (exact) mass is 317 g/mol. The van der Waals surface area contributed by atoms with Gasteiger partial charge < -0.3 is 34.5 Å². The number of aliphatic hydroxyl groups is 1. The Kier molecular flexibility index (Phi) is 4.40. The number of fused-ring (bicyclic) bond motifs is 1. The van der Waals surface area contributed by atoms with E-state index in [2.05, 4.69) is 15.0 Å². The molecule has 0 saturated carbocycles. The minimum atomic E-state index is -5.07. The fraction of sp³-hybridized carbons (Fsp3) is 0.444. The summed E-state index contributed by atoms with van der Waals surface area (Å²) in [6, 6.07) is 0. The van der Waals surface area contributed by atoms with Crippen LogP contribution in [0.5, 0.6) is 0 Å². The zero-order valence-electron chi connectivity index (χ0n) is 10.6. The number of rotatable bonds is 6. The first kappa shape index (κ1) is 15.6. The van der Waals surface area contributed by atoms with Crippen LogP contribution in [0.15, 0.2) is 11.1 Å². The number of aliphatic hydroxyl groups excluding tert-OH is 1. The maximum atomic E-state index is 11.5. The van der Waals surface area contributed by atoms with Crippen molar-refractivity contribution in [1.29, 1.82) is 0 Å². The number of nitrogens with one attached hydrogen (secondary N) is 1. The molecule has 21 heavy (non-hydrogen) atoms. The first-order valence-corrected chi connectivity index (χ1v) is 7.38. The van der Waals surface area contributed by atoms with E-state index in [9.17, 15) is 19.1 Å². The minimum absolute atomic E-state index is 0.0170. The molecule has 2 aromatic rings. The van der Waals surface area contributed by atoms with E-state index in [4.69, 9.17) is 15.6 Å². The predicted octanol–water partition coefficient (Wildman–Crippen LogP) is -3.05. The number of H-pyrrole nitrogens is 1. The highest BCUT2D eigenvalue weighted by atomic mass is 31.2. The SMILES string of the molecule is Nc1nc2c(ncn2CCOCC(O)P(=O)([O-])[O-])c(=O)[nH]1. The van der Waals surface area contributed by atoms with E-state index in [0.29, 0.717) is 0 Å². The second kappa shape index (κ2) is 5.92. The van der Waals surface area contributed by atoms with Gasteiger partial charge in [-0.3, -0.25) is 9.78 Å². The first-order valence-electron chi connectivity index (χ1n) is 5.77. The standard InChI is InChI=1S/C9H14N5O6P/c10-9-12-7-6(8(16)13-9)11-4-14(7)1-2-20-3-5(15)21(17,18)19/h4-5,15H,1-3H2,(H2,17,18,19)(H3,10,12,13,16)/p-2. The molecule has 0 aliphatic rings. The lowest BCUT2D eigenvalue weighted by atomic mass is 10.5. The Hall–Kier alpha value is -1.78. The van der Waals surface area contributed by atoms with Crippen molar-refractivity contribution in [3.63, 3.8) is 0 Å². The van der Waals surface area contributed by atoms with Crippen LogP contribution in [-0.2, 0) is 15.8 Å². The van der Waals surface area contributed by atoms with Gasteiger partial charge in [0.05, 0.1) is 19.5 Å². The number of aromatic amines is 1. The molecule has 0 amide bonds. The summed E-state index contributed by atoms with van der Waals surface area (Å²) in [7, 11) is -5.07.